The average Bonchev–Trinajstić information content (AvgIpc) is 3.35. The van der Waals surface area contributed by atoms with Crippen molar-refractivity contribution in [2.75, 3.05) is 13.1 Å². The summed E-state index contributed by atoms with van der Waals surface area (Å²) >= 11 is 0. The third kappa shape index (κ3) is 2.23. The highest BCUT2D eigenvalue weighted by Gasteiger charge is 2.52. The lowest BCUT2D eigenvalue weighted by Gasteiger charge is -2.30. The molecule has 0 spiro atoms. The van der Waals surface area contributed by atoms with Crippen LogP contribution in [0.2, 0.25) is 0 Å². The lowest BCUT2D eigenvalue weighted by molar-refractivity contribution is -0.134. The SMILES string of the molecule is Cc1noc(C2CCN(C(=O)C3CC3C3CC3)CC2)n1. The van der Waals surface area contributed by atoms with Crippen molar-refractivity contribution in [2.24, 2.45) is 17.8 Å². The molecule has 2 heterocycles. The number of nitrogens with zero attached hydrogens (tertiary/aromatic N) is 3. The normalized spacial score (nSPS) is 30.6. The molecule has 5 nitrogen and oxygen atoms in total. The number of hydrogen-bond donors (Lipinski definition) is 0. The van der Waals surface area contributed by atoms with Crippen LogP contribution < -0.4 is 0 Å². The standard InChI is InChI=1S/C15H21N3O2/c1-9-16-14(20-17-9)11-4-6-18(7-5-11)15(19)13-8-12(13)10-2-3-10/h10-13H,2-8H2,1H3. The number of piperidine rings is 1. The van der Waals surface area contributed by atoms with E-state index in [0.717, 1.165) is 50.1 Å². The van der Waals surface area contributed by atoms with Gasteiger partial charge in [0.25, 0.3) is 0 Å². The van der Waals surface area contributed by atoms with Gasteiger partial charge in [0.2, 0.25) is 11.8 Å². The highest BCUT2D eigenvalue weighted by Crippen LogP contribution is 2.55. The average molecular weight is 275 g/mol. The largest absolute Gasteiger partial charge is 0.342 e. The Morgan fingerprint density at radius 1 is 1.25 bits per heavy atom. The summed E-state index contributed by atoms with van der Waals surface area (Å²) in [6.45, 7) is 3.54. The summed E-state index contributed by atoms with van der Waals surface area (Å²) < 4.78 is 5.25. The number of carbonyl (C=O) groups is 1. The van der Waals surface area contributed by atoms with Gasteiger partial charge in [0.15, 0.2) is 5.82 Å². The van der Waals surface area contributed by atoms with E-state index >= 15 is 0 Å². The van der Waals surface area contributed by atoms with E-state index in [9.17, 15) is 4.79 Å². The fourth-order valence-electron chi connectivity index (χ4n) is 3.60. The minimum Gasteiger partial charge on any atom is -0.342 e. The first-order chi connectivity index (χ1) is 9.72. The monoisotopic (exact) mass is 275 g/mol. The Labute approximate surface area is 118 Å². The fourth-order valence-corrected chi connectivity index (χ4v) is 3.60. The van der Waals surface area contributed by atoms with Crippen molar-refractivity contribution in [3.8, 4) is 0 Å². The third-order valence-electron chi connectivity index (χ3n) is 5.08. The Hall–Kier alpha value is -1.39. The first-order valence-corrected chi connectivity index (χ1v) is 7.81. The summed E-state index contributed by atoms with van der Waals surface area (Å²) in [5, 5.41) is 3.85. The van der Waals surface area contributed by atoms with Gasteiger partial charge in [-0.05, 0) is 50.9 Å². The van der Waals surface area contributed by atoms with Crippen molar-refractivity contribution < 1.29 is 9.32 Å². The van der Waals surface area contributed by atoms with Gasteiger partial charge in [-0.2, -0.15) is 4.98 Å². The molecule has 5 heteroatoms. The molecular weight excluding hydrogens is 254 g/mol. The minimum atomic E-state index is 0.332. The summed E-state index contributed by atoms with van der Waals surface area (Å²) in [7, 11) is 0. The summed E-state index contributed by atoms with van der Waals surface area (Å²) in [6.07, 6.45) is 5.76. The number of likely N-dealkylation sites (tertiary alicyclic amines) is 1. The van der Waals surface area contributed by atoms with E-state index in [-0.39, 0.29) is 0 Å². The summed E-state index contributed by atoms with van der Waals surface area (Å²) in [5.41, 5.74) is 0. The van der Waals surface area contributed by atoms with Crippen LogP contribution in [-0.4, -0.2) is 34.0 Å². The first kappa shape index (κ1) is 12.4. The number of aromatic nitrogens is 2. The Kier molecular flexibility index (Phi) is 2.82. The zero-order chi connectivity index (χ0) is 13.7. The molecular formula is C15H21N3O2. The molecule has 20 heavy (non-hydrogen) atoms. The van der Waals surface area contributed by atoms with E-state index in [1.54, 1.807) is 0 Å². The van der Waals surface area contributed by atoms with Crippen LogP contribution in [0.1, 0.15) is 49.7 Å². The van der Waals surface area contributed by atoms with Crippen LogP contribution in [0.3, 0.4) is 0 Å². The summed E-state index contributed by atoms with van der Waals surface area (Å²) in [6, 6.07) is 0. The molecule has 0 radical (unpaired) electrons. The van der Waals surface area contributed by atoms with Crippen LogP contribution in [-0.2, 0) is 4.79 Å². The molecule has 1 aromatic heterocycles. The molecule has 1 saturated heterocycles. The van der Waals surface area contributed by atoms with Gasteiger partial charge in [0.05, 0.1) is 0 Å². The van der Waals surface area contributed by atoms with Gasteiger partial charge >= 0.3 is 0 Å². The topological polar surface area (TPSA) is 59.2 Å². The molecule has 2 atom stereocenters. The maximum atomic E-state index is 12.4. The van der Waals surface area contributed by atoms with Crippen molar-refractivity contribution in [3.63, 3.8) is 0 Å². The second kappa shape index (κ2) is 4.57. The lowest BCUT2D eigenvalue weighted by Crippen LogP contribution is -2.39. The van der Waals surface area contributed by atoms with Gasteiger partial charge in [-0.15, -0.1) is 0 Å². The number of amides is 1. The highest BCUT2D eigenvalue weighted by atomic mass is 16.5. The molecule has 108 valence electrons. The maximum Gasteiger partial charge on any atom is 0.229 e. The van der Waals surface area contributed by atoms with Crippen molar-refractivity contribution in [3.05, 3.63) is 11.7 Å². The summed E-state index contributed by atoms with van der Waals surface area (Å²) in [5.74, 6) is 4.13. The zero-order valence-corrected chi connectivity index (χ0v) is 11.9. The molecule has 1 amide bonds. The van der Waals surface area contributed by atoms with Gasteiger partial charge in [-0.25, -0.2) is 0 Å². The van der Waals surface area contributed by atoms with Gasteiger partial charge in [-0.1, -0.05) is 5.16 Å². The van der Waals surface area contributed by atoms with E-state index < -0.39 is 0 Å². The Bertz CT molecular complexity index is 515. The van der Waals surface area contributed by atoms with Gasteiger partial charge in [0.1, 0.15) is 0 Å². The Balaban J connectivity index is 1.32. The van der Waals surface area contributed by atoms with E-state index in [0.29, 0.717) is 23.6 Å². The molecule has 1 aliphatic heterocycles. The van der Waals surface area contributed by atoms with Crippen molar-refractivity contribution in [2.45, 2.75) is 44.9 Å². The van der Waals surface area contributed by atoms with E-state index in [1.165, 1.54) is 12.8 Å². The fraction of sp³-hybridized carbons (Fsp3) is 0.800. The van der Waals surface area contributed by atoms with E-state index in [4.69, 9.17) is 4.52 Å². The molecule has 0 bridgehead atoms. The minimum absolute atomic E-state index is 0.332. The Morgan fingerprint density at radius 2 is 2.00 bits per heavy atom. The Morgan fingerprint density at radius 3 is 2.60 bits per heavy atom. The molecule has 0 aromatic carbocycles. The molecule has 0 N–H and O–H groups in total. The zero-order valence-electron chi connectivity index (χ0n) is 11.9. The second-order valence-electron chi connectivity index (χ2n) is 6.62. The van der Waals surface area contributed by atoms with Crippen LogP contribution in [0.15, 0.2) is 4.52 Å². The summed E-state index contributed by atoms with van der Waals surface area (Å²) in [4.78, 5) is 18.8. The predicted octanol–water partition coefficient (Wildman–Crippen LogP) is 2.13. The maximum absolute atomic E-state index is 12.4. The first-order valence-electron chi connectivity index (χ1n) is 7.81. The van der Waals surface area contributed by atoms with E-state index in [1.807, 2.05) is 6.92 Å². The molecule has 4 rings (SSSR count). The smallest absolute Gasteiger partial charge is 0.229 e. The van der Waals surface area contributed by atoms with Crippen molar-refractivity contribution in [1.82, 2.24) is 15.0 Å². The quantitative estimate of drug-likeness (QED) is 0.848. The van der Waals surface area contributed by atoms with Crippen LogP contribution in [0.5, 0.6) is 0 Å². The molecule has 3 aliphatic rings. The van der Waals surface area contributed by atoms with Crippen molar-refractivity contribution in [1.29, 1.82) is 0 Å². The number of hydrogen-bond acceptors (Lipinski definition) is 4. The van der Waals surface area contributed by atoms with Crippen LogP contribution in [0.25, 0.3) is 0 Å². The number of carbonyl (C=O) groups excluding carboxylic acids is 1. The molecule has 2 aliphatic carbocycles. The predicted molar refractivity (Wildman–Crippen MR) is 71.9 cm³/mol. The molecule has 2 saturated carbocycles. The van der Waals surface area contributed by atoms with Gasteiger partial charge in [0, 0.05) is 24.9 Å². The van der Waals surface area contributed by atoms with Crippen LogP contribution in [0, 0.1) is 24.7 Å². The molecule has 2 unspecified atom stereocenters. The second-order valence-corrected chi connectivity index (χ2v) is 6.62. The number of rotatable bonds is 3. The lowest BCUT2D eigenvalue weighted by atomic mass is 9.96. The van der Waals surface area contributed by atoms with Crippen molar-refractivity contribution >= 4 is 5.91 Å². The highest BCUT2D eigenvalue weighted by molar-refractivity contribution is 5.82. The van der Waals surface area contributed by atoms with E-state index in [2.05, 4.69) is 15.0 Å². The van der Waals surface area contributed by atoms with Crippen LogP contribution in [0.4, 0.5) is 0 Å². The van der Waals surface area contributed by atoms with Gasteiger partial charge in [-0.3, -0.25) is 4.79 Å². The van der Waals surface area contributed by atoms with Crippen LogP contribution >= 0.6 is 0 Å². The molecule has 1 aromatic rings. The molecule has 3 fully saturated rings. The number of aryl methyl sites for hydroxylation is 1. The third-order valence-corrected chi connectivity index (χ3v) is 5.08. The van der Waals surface area contributed by atoms with Gasteiger partial charge < -0.3 is 9.42 Å².